The number of nitrogens with zero attached hydrogens (tertiary/aromatic N) is 2. The maximum Gasteiger partial charge on any atom is 0.226 e. The number of benzene rings is 1. The molecule has 2 heterocycles. The standard InChI is InChI=1S/C14H13F2N3O/c1-7-13-10(9-5-8(15)3-4-11(9)16)6-12(20)17-14(13)19(2)18-7/h3-5,10H,6H2,1-2H3,(H,17,20)/t10-/m1/s1. The summed E-state index contributed by atoms with van der Waals surface area (Å²) in [4.78, 5) is 11.8. The first kappa shape index (κ1) is 12.8. The molecule has 0 bridgehead atoms. The molecule has 0 saturated heterocycles. The summed E-state index contributed by atoms with van der Waals surface area (Å²) < 4.78 is 28.9. The number of fused-ring (bicyclic) bond motifs is 1. The van der Waals surface area contributed by atoms with Crippen molar-refractivity contribution in [3.05, 3.63) is 46.7 Å². The van der Waals surface area contributed by atoms with Crippen LogP contribution in [0.5, 0.6) is 0 Å². The highest BCUT2D eigenvalue weighted by atomic mass is 19.1. The summed E-state index contributed by atoms with van der Waals surface area (Å²) in [6, 6.07) is 3.30. The zero-order chi connectivity index (χ0) is 14.4. The van der Waals surface area contributed by atoms with Crippen LogP contribution in [0.2, 0.25) is 0 Å². The van der Waals surface area contributed by atoms with E-state index in [1.807, 2.05) is 0 Å². The molecule has 0 fully saturated rings. The Bertz CT molecular complexity index is 709. The third kappa shape index (κ3) is 1.88. The summed E-state index contributed by atoms with van der Waals surface area (Å²) in [5, 5.41) is 6.97. The average molecular weight is 277 g/mol. The molecule has 2 aromatic rings. The predicted octanol–water partition coefficient (Wildman–Crippen LogP) is 2.48. The summed E-state index contributed by atoms with van der Waals surface area (Å²) in [6.07, 6.45) is 0.0832. The molecule has 6 heteroatoms. The number of aryl methyl sites for hydroxylation is 2. The molecule has 0 aliphatic carbocycles. The number of carbonyl (C=O) groups is 1. The van der Waals surface area contributed by atoms with Crippen molar-refractivity contribution in [1.29, 1.82) is 0 Å². The lowest BCUT2D eigenvalue weighted by atomic mass is 9.85. The first-order valence-electron chi connectivity index (χ1n) is 6.25. The van der Waals surface area contributed by atoms with Gasteiger partial charge >= 0.3 is 0 Å². The Hall–Kier alpha value is -2.24. The highest BCUT2D eigenvalue weighted by molar-refractivity contribution is 5.94. The van der Waals surface area contributed by atoms with Gasteiger partial charge < -0.3 is 5.32 Å². The molecule has 1 aromatic carbocycles. The summed E-state index contributed by atoms with van der Waals surface area (Å²) in [5.41, 5.74) is 1.64. The SMILES string of the molecule is Cc1nn(C)c2c1[C@@H](c1cc(F)ccc1F)CC(=O)N2. The Kier molecular flexibility index (Phi) is 2.81. The van der Waals surface area contributed by atoms with Crippen LogP contribution in [0.4, 0.5) is 14.6 Å². The van der Waals surface area contributed by atoms with Gasteiger partial charge in [-0.2, -0.15) is 5.10 Å². The Morgan fingerprint density at radius 1 is 1.40 bits per heavy atom. The van der Waals surface area contributed by atoms with E-state index in [2.05, 4.69) is 10.4 Å². The molecule has 1 atom stereocenters. The molecule has 20 heavy (non-hydrogen) atoms. The van der Waals surface area contributed by atoms with Gasteiger partial charge in [0.2, 0.25) is 5.91 Å². The largest absolute Gasteiger partial charge is 0.311 e. The number of anilines is 1. The second kappa shape index (κ2) is 4.40. The molecule has 0 radical (unpaired) electrons. The molecule has 1 amide bonds. The molecule has 0 spiro atoms. The lowest BCUT2D eigenvalue weighted by Gasteiger charge is -2.24. The van der Waals surface area contributed by atoms with Crippen LogP contribution in [0.1, 0.15) is 29.2 Å². The normalized spacial score (nSPS) is 17.8. The van der Waals surface area contributed by atoms with Gasteiger partial charge in [0, 0.05) is 24.9 Å². The maximum atomic E-state index is 14.0. The fourth-order valence-electron chi connectivity index (χ4n) is 2.76. The molecule has 0 unspecified atom stereocenters. The molecule has 1 aromatic heterocycles. The zero-order valence-electron chi connectivity index (χ0n) is 11.1. The minimum absolute atomic E-state index is 0.0832. The number of hydrogen-bond donors (Lipinski definition) is 1. The second-order valence-corrected chi connectivity index (χ2v) is 4.94. The number of amides is 1. The minimum atomic E-state index is -0.518. The topological polar surface area (TPSA) is 46.9 Å². The number of nitrogens with one attached hydrogen (secondary N) is 1. The first-order chi connectivity index (χ1) is 9.47. The average Bonchev–Trinajstić information content (AvgIpc) is 2.67. The molecule has 1 N–H and O–H groups in total. The highest BCUT2D eigenvalue weighted by Gasteiger charge is 2.33. The van der Waals surface area contributed by atoms with E-state index in [4.69, 9.17) is 0 Å². The van der Waals surface area contributed by atoms with E-state index in [1.165, 1.54) is 0 Å². The van der Waals surface area contributed by atoms with E-state index in [0.717, 1.165) is 23.8 Å². The van der Waals surface area contributed by atoms with Crippen LogP contribution in [0.15, 0.2) is 18.2 Å². The molecule has 4 nitrogen and oxygen atoms in total. The lowest BCUT2D eigenvalue weighted by Crippen LogP contribution is -2.25. The number of hydrogen-bond acceptors (Lipinski definition) is 2. The summed E-state index contributed by atoms with van der Waals surface area (Å²) in [5.74, 6) is -1.22. The van der Waals surface area contributed by atoms with Crippen LogP contribution in [0.25, 0.3) is 0 Å². The van der Waals surface area contributed by atoms with Crippen molar-refractivity contribution in [3.63, 3.8) is 0 Å². The van der Waals surface area contributed by atoms with Crippen molar-refractivity contribution in [2.24, 2.45) is 7.05 Å². The number of aromatic nitrogens is 2. The third-order valence-electron chi connectivity index (χ3n) is 3.60. The van der Waals surface area contributed by atoms with E-state index < -0.39 is 17.6 Å². The van der Waals surface area contributed by atoms with E-state index in [-0.39, 0.29) is 17.9 Å². The van der Waals surface area contributed by atoms with Gasteiger partial charge in [-0.3, -0.25) is 9.48 Å². The smallest absolute Gasteiger partial charge is 0.226 e. The van der Waals surface area contributed by atoms with E-state index in [9.17, 15) is 13.6 Å². The first-order valence-corrected chi connectivity index (χ1v) is 6.25. The van der Waals surface area contributed by atoms with Crippen molar-refractivity contribution in [3.8, 4) is 0 Å². The second-order valence-electron chi connectivity index (χ2n) is 4.94. The summed E-state index contributed by atoms with van der Waals surface area (Å²) in [6.45, 7) is 1.79. The number of carbonyl (C=O) groups excluding carboxylic acids is 1. The van der Waals surface area contributed by atoms with Gasteiger partial charge in [0.25, 0.3) is 0 Å². The monoisotopic (exact) mass is 277 g/mol. The Balaban J connectivity index is 2.20. The molecule has 3 rings (SSSR count). The summed E-state index contributed by atoms with van der Waals surface area (Å²) in [7, 11) is 1.70. The minimum Gasteiger partial charge on any atom is -0.311 e. The van der Waals surface area contributed by atoms with Crippen molar-refractivity contribution in [1.82, 2.24) is 9.78 Å². The molecule has 1 aliphatic rings. The van der Waals surface area contributed by atoms with Crippen LogP contribution in [0, 0.1) is 18.6 Å². The van der Waals surface area contributed by atoms with Crippen molar-refractivity contribution in [2.75, 3.05) is 5.32 Å². The van der Waals surface area contributed by atoms with E-state index in [0.29, 0.717) is 11.5 Å². The molecular formula is C14H13F2N3O. The maximum absolute atomic E-state index is 14.0. The molecule has 0 saturated carbocycles. The Labute approximate surface area is 114 Å². The van der Waals surface area contributed by atoms with Gasteiger partial charge in [0.1, 0.15) is 17.5 Å². The fraction of sp³-hybridized carbons (Fsp3) is 0.286. The van der Waals surface area contributed by atoms with E-state index in [1.54, 1.807) is 18.7 Å². The molecule has 1 aliphatic heterocycles. The van der Waals surface area contributed by atoms with Crippen LogP contribution in [-0.4, -0.2) is 15.7 Å². The third-order valence-corrected chi connectivity index (χ3v) is 3.60. The number of halogens is 2. The van der Waals surface area contributed by atoms with Crippen molar-refractivity contribution >= 4 is 11.7 Å². The van der Waals surface area contributed by atoms with Crippen LogP contribution in [-0.2, 0) is 11.8 Å². The van der Waals surface area contributed by atoms with Gasteiger partial charge in [-0.1, -0.05) is 0 Å². The highest BCUT2D eigenvalue weighted by Crippen LogP contribution is 2.39. The van der Waals surface area contributed by atoms with Crippen molar-refractivity contribution < 1.29 is 13.6 Å². The van der Waals surface area contributed by atoms with Gasteiger partial charge in [0.05, 0.1) is 5.69 Å². The van der Waals surface area contributed by atoms with Crippen molar-refractivity contribution in [2.45, 2.75) is 19.3 Å². The zero-order valence-corrected chi connectivity index (χ0v) is 11.1. The predicted molar refractivity (Wildman–Crippen MR) is 69.4 cm³/mol. The number of rotatable bonds is 1. The van der Waals surface area contributed by atoms with E-state index >= 15 is 0 Å². The lowest BCUT2D eigenvalue weighted by molar-refractivity contribution is -0.116. The van der Waals surface area contributed by atoms with Crippen LogP contribution < -0.4 is 5.32 Å². The molecular weight excluding hydrogens is 264 g/mol. The fourth-order valence-corrected chi connectivity index (χ4v) is 2.76. The molecule has 104 valence electrons. The van der Waals surface area contributed by atoms with Gasteiger partial charge in [-0.05, 0) is 30.7 Å². The van der Waals surface area contributed by atoms with Crippen LogP contribution in [0.3, 0.4) is 0 Å². The van der Waals surface area contributed by atoms with Gasteiger partial charge in [-0.15, -0.1) is 0 Å². The summed E-state index contributed by atoms with van der Waals surface area (Å²) >= 11 is 0. The quantitative estimate of drug-likeness (QED) is 0.870. The van der Waals surface area contributed by atoms with Crippen LogP contribution >= 0.6 is 0 Å². The van der Waals surface area contributed by atoms with Gasteiger partial charge in [-0.25, -0.2) is 8.78 Å². The Morgan fingerprint density at radius 3 is 2.90 bits per heavy atom. The Morgan fingerprint density at radius 2 is 2.15 bits per heavy atom. The van der Waals surface area contributed by atoms with Gasteiger partial charge in [0.15, 0.2) is 0 Å².